The van der Waals surface area contributed by atoms with Gasteiger partial charge in [0.15, 0.2) is 0 Å². The molecule has 0 fully saturated rings. The molecule has 0 spiro atoms. The SMILES string of the molecule is CC(C)(N)C(F)Cc1ccc(I)cc1. The quantitative estimate of drug-likeness (QED) is 0.854. The summed E-state index contributed by atoms with van der Waals surface area (Å²) in [6.07, 6.45) is -0.608. The van der Waals surface area contributed by atoms with Gasteiger partial charge in [-0.1, -0.05) is 12.1 Å². The van der Waals surface area contributed by atoms with Crippen LogP contribution in [-0.2, 0) is 6.42 Å². The van der Waals surface area contributed by atoms with Gasteiger partial charge >= 0.3 is 0 Å². The van der Waals surface area contributed by atoms with Crippen LogP contribution in [0.3, 0.4) is 0 Å². The van der Waals surface area contributed by atoms with Crippen molar-refractivity contribution in [3.63, 3.8) is 0 Å². The van der Waals surface area contributed by atoms with Gasteiger partial charge in [-0.15, -0.1) is 0 Å². The lowest BCUT2D eigenvalue weighted by Gasteiger charge is -2.23. The highest BCUT2D eigenvalue weighted by molar-refractivity contribution is 14.1. The molecule has 14 heavy (non-hydrogen) atoms. The molecule has 1 aromatic rings. The van der Waals surface area contributed by atoms with E-state index in [2.05, 4.69) is 22.6 Å². The third-order valence-electron chi connectivity index (χ3n) is 2.14. The zero-order chi connectivity index (χ0) is 10.8. The molecule has 0 heterocycles. The lowest BCUT2D eigenvalue weighted by atomic mass is 9.94. The maximum absolute atomic E-state index is 13.6. The predicted molar refractivity (Wildman–Crippen MR) is 66.0 cm³/mol. The Morgan fingerprint density at radius 3 is 2.29 bits per heavy atom. The highest BCUT2D eigenvalue weighted by atomic mass is 127. The van der Waals surface area contributed by atoms with Gasteiger partial charge in [-0.3, -0.25) is 0 Å². The maximum Gasteiger partial charge on any atom is 0.121 e. The van der Waals surface area contributed by atoms with E-state index >= 15 is 0 Å². The van der Waals surface area contributed by atoms with E-state index in [1.54, 1.807) is 13.8 Å². The predicted octanol–water partition coefficient (Wildman–Crippen LogP) is 2.91. The van der Waals surface area contributed by atoms with Crippen molar-refractivity contribution in [1.29, 1.82) is 0 Å². The van der Waals surface area contributed by atoms with Gasteiger partial charge < -0.3 is 5.73 Å². The third-order valence-corrected chi connectivity index (χ3v) is 2.85. The molecule has 0 amide bonds. The first-order chi connectivity index (χ1) is 6.39. The minimum absolute atomic E-state index is 0.389. The van der Waals surface area contributed by atoms with Crippen LogP contribution in [0, 0.1) is 3.57 Å². The van der Waals surface area contributed by atoms with Crippen molar-refractivity contribution in [1.82, 2.24) is 0 Å². The summed E-state index contributed by atoms with van der Waals surface area (Å²) >= 11 is 2.23. The first-order valence-corrected chi connectivity index (χ1v) is 5.65. The molecular formula is C11H15FIN. The van der Waals surface area contributed by atoms with Crippen LogP contribution in [-0.4, -0.2) is 11.7 Å². The number of hydrogen-bond donors (Lipinski definition) is 1. The van der Waals surface area contributed by atoms with Crippen molar-refractivity contribution in [2.45, 2.75) is 32.0 Å². The van der Waals surface area contributed by atoms with Gasteiger partial charge in [0, 0.05) is 15.5 Å². The minimum atomic E-state index is -0.998. The summed E-state index contributed by atoms with van der Waals surface area (Å²) in [4.78, 5) is 0. The molecule has 2 N–H and O–H groups in total. The fraction of sp³-hybridized carbons (Fsp3) is 0.455. The average Bonchev–Trinajstić information content (AvgIpc) is 2.07. The van der Waals surface area contributed by atoms with Crippen molar-refractivity contribution in [3.8, 4) is 0 Å². The fourth-order valence-corrected chi connectivity index (χ4v) is 1.45. The lowest BCUT2D eigenvalue weighted by molar-refractivity contribution is 0.218. The zero-order valence-electron chi connectivity index (χ0n) is 8.43. The normalized spacial score (nSPS) is 14.1. The van der Waals surface area contributed by atoms with Crippen LogP contribution in [0.5, 0.6) is 0 Å². The Labute approximate surface area is 98.0 Å². The molecule has 3 heteroatoms. The standard InChI is InChI=1S/C11H15FIN/c1-11(2,14)10(12)7-8-3-5-9(13)6-4-8/h3-6,10H,7,14H2,1-2H3. The number of halogens is 2. The molecule has 0 radical (unpaired) electrons. The summed E-state index contributed by atoms with van der Waals surface area (Å²) in [5.74, 6) is 0. The molecular weight excluding hydrogens is 292 g/mol. The maximum atomic E-state index is 13.6. The van der Waals surface area contributed by atoms with Crippen LogP contribution in [0.15, 0.2) is 24.3 Å². The Balaban J connectivity index is 2.65. The average molecular weight is 307 g/mol. The molecule has 1 atom stereocenters. The van der Waals surface area contributed by atoms with Gasteiger partial charge in [0.25, 0.3) is 0 Å². The van der Waals surface area contributed by atoms with Gasteiger partial charge in [0.05, 0.1) is 0 Å². The monoisotopic (exact) mass is 307 g/mol. The van der Waals surface area contributed by atoms with Gasteiger partial charge in [-0.25, -0.2) is 4.39 Å². The van der Waals surface area contributed by atoms with Crippen LogP contribution >= 0.6 is 22.6 Å². The molecule has 1 rings (SSSR count). The van der Waals surface area contributed by atoms with Crippen LogP contribution < -0.4 is 5.73 Å². The van der Waals surface area contributed by atoms with E-state index in [-0.39, 0.29) is 0 Å². The molecule has 0 aromatic heterocycles. The minimum Gasteiger partial charge on any atom is -0.323 e. The smallest absolute Gasteiger partial charge is 0.121 e. The first kappa shape index (κ1) is 11.9. The molecule has 0 saturated carbocycles. The largest absolute Gasteiger partial charge is 0.323 e. The Kier molecular flexibility index (Phi) is 3.89. The number of hydrogen-bond acceptors (Lipinski definition) is 1. The van der Waals surface area contributed by atoms with Crippen LogP contribution in [0.25, 0.3) is 0 Å². The molecule has 0 bridgehead atoms. The molecule has 1 aromatic carbocycles. The van der Waals surface area contributed by atoms with Crippen molar-refractivity contribution in [3.05, 3.63) is 33.4 Å². The number of alkyl halides is 1. The molecule has 78 valence electrons. The Bertz CT molecular complexity index is 289. The van der Waals surface area contributed by atoms with Crippen LogP contribution in [0.1, 0.15) is 19.4 Å². The van der Waals surface area contributed by atoms with E-state index in [4.69, 9.17) is 5.73 Å². The van der Waals surface area contributed by atoms with E-state index in [0.717, 1.165) is 9.13 Å². The fourth-order valence-electron chi connectivity index (χ4n) is 1.09. The second kappa shape index (κ2) is 4.57. The van der Waals surface area contributed by atoms with Crippen molar-refractivity contribution < 1.29 is 4.39 Å². The molecule has 1 nitrogen and oxygen atoms in total. The summed E-state index contributed by atoms with van der Waals surface area (Å²) in [5, 5.41) is 0. The summed E-state index contributed by atoms with van der Waals surface area (Å²) in [7, 11) is 0. The molecule has 0 saturated heterocycles. The van der Waals surface area contributed by atoms with E-state index in [0.29, 0.717) is 6.42 Å². The third kappa shape index (κ3) is 3.53. The second-order valence-electron chi connectivity index (χ2n) is 4.12. The van der Waals surface area contributed by atoms with Gasteiger partial charge in [0.2, 0.25) is 0 Å². The number of nitrogens with two attached hydrogens (primary N) is 1. The summed E-state index contributed by atoms with van der Waals surface area (Å²) in [6.45, 7) is 3.43. The van der Waals surface area contributed by atoms with Gasteiger partial charge in [-0.2, -0.15) is 0 Å². The second-order valence-corrected chi connectivity index (χ2v) is 5.37. The van der Waals surface area contributed by atoms with Crippen molar-refractivity contribution >= 4 is 22.6 Å². The molecule has 0 aliphatic carbocycles. The van der Waals surface area contributed by atoms with E-state index in [9.17, 15) is 4.39 Å². The van der Waals surface area contributed by atoms with E-state index in [1.165, 1.54) is 0 Å². The number of benzene rings is 1. The Hall–Kier alpha value is -0.160. The van der Waals surface area contributed by atoms with Crippen LogP contribution in [0.4, 0.5) is 4.39 Å². The molecule has 1 unspecified atom stereocenters. The number of rotatable bonds is 3. The summed E-state index contributed by atoms with van der Waals surface area (Å²) < 4.78 is 14.7. The highest BCUT2D eigenvalue weighted by Crippen LogP contribution is 2.16. The summed E-state index contributed by atoms with van der Waals surface area (Å²) in [6, 6.07) is 7.85. The topological polar surface area (TPSA) is 26.0 Å². The lowest BCUT2D eigenvalue weighted by Crippen LogP contribution is -2.43. The van der Waals surface area contributed by atoms with E-state index < -0.39 is 11.7 Å². The van der Waals surface area contributed by atoms with Crippen LogP contribution in [0.2, 0.25) is 0 Å². The Morgan fingerprint density at radius 2 is 1.86 bits per heavy atom. The van der Waals surface area contributed by atoms with Crippen molar-refractivity contribution in [2.75, 3.05) is 0 Å². The molecule has 0 aliphatic heterocycles. The summed E-state index contributed by atoms with van der Waals surface area (Å²) in [5.41, 5.74) is 5.92. The van der Waals surface area contributed by atoms with Crippen molar-refractivity contribution in [2.24, 2.45) is 5.73 Å². The highest BCUT2D eigenvalue weighted by Gasteiger charge is 2.24. The van der Waals surface area contributed by atoms with Gasteiger partial charge in [0.1, 0.15) is 6.17 Å². The van der Waals surface area contributed by atoms with Gasteiger partial charge in [-0.05, 0) is 54.1 Å². The Morgan fingerprint density at radius 1 is 1.36 bits per heavy atom. The molecule has 0 aliphatic rings. The first-order valence-electron chi connectivity index (χ1n) is 4.57. The van der Waals surface area contributed by atoms with E-state index in [1.807, 2.05) is 24.3 Å². The zero-order valence-corrected chi connectivity index (χ0v) is 10.6.